The molecule has 2 rings (SSSR count). The number of aromatic nitrogens is 2. The van der Waals surface area contributed by atoms with E-state index in [0.717, 1.165) is 11.1 Å². The fourth-order valence-corrected chi connectivity index (χ4v) is 1.66. The highest BCUT2D eigenvalue weighted by Gasteiger charge is 2.11. The number of aryl methyl sites for hydroxylation is 2. The van der Waals surface area contributed by atoms with Gasteiger partial charge in [-0.3, -0.25) is 9.78 Å². The topological polar surface area (TPSA) is 80.9 Å². The molecule has 0 unspecified atom stereocenters. The predicted molar refractivity (Wildman–Crippen MR) is 70.3 cm³/mol. The fourth-order valence-electron chi connectivity index (χ4n) is 1.66. The van der Waals surface area contributed by atoms with Crippen molar-refractivity contribution in [3.8, 4) is 0 Å². The SMILES string of the molecule is Cc1cc(C)c(C(=O)Nc2cnccn2)cc1N. The van der Waals surface area contributed by atoms with Crippen LogP contribution in [0.2, 0.25) is 0 Å². The molecule has 0 aliphatic carbocycles. The number of nitrogens with one attached hydrogen (secondary N) is 1. The van der Waals surface area contributed by atoms with Crippen molar-refractivity contribution in [2.24, 2.45) is 0 Å². The van der Waals surface area contributed by atoms with E-state index in [-0.39, 0.29) is 5.91 Å². The van der Waals surface area contributed by atoms with Gasteiger partial charge in [0.1, 0.15) is 0 Å². The van der Waals surface area contributed by atoms with Crippen molar-refractivity contribution in [1.29, 1.82) is 0 Å². The number of rotatable bonds is 2. The van der Waals surface area contributed by atoms with Gasteiger partial charge < -0.3 is 11.1 Å². The number of hydrogen-bond acceptors (Lipinski definition) is 4. The van der Waals surface area contributed by atoms with Crippen LogP contribution in [0, 0.1) is 13.8 Å². The molecule has 1 aromatic heterocycles. The van der Waals surface area contributed by atoms with E-state index in [4.69, 9.17) is 5.73 Å². The van der Waals surface area contributed by atoms with Gasteiger partial charge in [-0.05, 0) is 31.0 Å². The number of carbonyl (C=O) groups excluding carboxylic acids is 1. The molecule has 0 radical (unpaired) electrons. The average molecular weight is 242 g/mol. The Morgan fingerprint density at radius 1 is 1.22 bits per heavy atom. The third kappa shape index (κ3) is 2.45. The second kappa shape index (κ2) is 4.83. The summed E-state index contributed by atoms with van der Waals surface area (Å²) in [7, 11) is 0. The van der Waals surface area contributed by atoms with Crippen molar-refractivity contribution in [3.05, 3.63) is 47.4 Å². The van der Waals surface area contributed by atoms with Crippen LogP contribution in [0.1, 0.15) is 21.5 Å². The second-order valence-corrected chi connectivity index (χ2v) is 4.07. The first kappa shape index (κ1) is 12.0. The van der Waals surface area contributed by atoms with Crippen LogP contribution in [-0.2, 0) is 0 Å². The molecular weight excluding hydrogens is 228 g/mol. The summed E-state index contributed by atoms with van der Waals surface area (Å²) >= 11 is 0. The molecule has 0 saturated carbocycles. The van der Waals surface area contributed by atoms with Crippen molar-refractivity contribution in [1.82, 2.24) is 9.97 Å². The molecular formula is C13H14N4O. The number of nitrogens with two attached hydrogens (primary N) is 1. The lowest BCUT2D eigenvalue weighted by atomic mass is 10.0. The smallest absolute Gasteiger partial charge is 0.257 e. The van der Waals surface area contributed by atoms with Crippen molar-refractivity contribution >= 4 is 17.4 Å². The van der Waals surface area contributed by atoms with Crippen molar-refractivity contribution < 1.29 is 4.79 Å². The molecule has 5 heteroatoms. The lowest BCUT2D eigenvalue weighted by Crippen LogP contribution is -2.15. The van der Waals surface area contributed by atoms with Gasteiger partial charge in [0.15, 0.2) is 5.82 Å². The van der Waals surface area contributed by atoms with Gasteiger partial charge in [0.2, 0.25) is 0 Å². The summed E-state index contributed by atoms with van der Waals surface area (Å²) in [6, 6.07) is 3.57. The first-order chi connectivity index (χ1) is 8.58. The highest BCUT2D eigenvalue weighted by molar-refractivity contribution is 6.05. The lowest BCUT2D eigenvalue weighted by molar-refractivity contribution is 0.102. The first-order valence-corrected chi connectivity index (χ1v) is 5.52. The van der Waals surface area contributed by atoms with Crippen molar-refractivity contribution in [3.63, 3.8) is 0 Å². The highest BCUT2D eigenvalue weighted by Crippen LogP contribution is 2.18. The molecule has 3 N–H and O–H groups in total. The zero-order chi connectivity index (χ0) is 13.1. The Hall–Kier alpha value is -2.43. The molecule has 0 aliphatic heterocycles. The standard InChI is InChI=1S/C13H14N4O/c1-8-5-9(2)11(14)6-10(8)13(18)17-12-7-15-3-4-16-12/h3-7H,14H2,1-2H3,(H,16,17,18). The number of hydrogen-bond donors (Lipinski definition) is 2. The summed E-state index contributed by atoms with van der Waals surface area (Å²) in [4.78, 5) is 19.9. The van der Waals surface area contributed by atoms with Crippen LogP contribution in [0.4, 0.5) is 11.5 Å². The van der Waals surface area contributed by atoms with E-state index in [1.54, 1.807) is 12.3 Å². The summed E-state index contributed by atoms with van der Waals surface area (Å²) in [5, 5.41) is 2.68. The second-order valence-electron chi connectivity index (χ2n) is 4.07. The third-order valence-electron chi connectivity index (χ3n) is 2.66. The van der Waals surface area contributed by atoms with E-state index in [0.29, 0.717) is 17.1 Å². The van der Waals surface area contributed by atoms with E-state index in [2.05, 4.69) is 15.3 Å². The monoisotopic (exact) mass is 242 g/mol. The summed E-state index contributed by atoms with van der Waals surface area (Å²) < 4.78 is 0. The van der Waals surface area contributed by atoms with Crippen LogP contribution in [0.3, 0.4) is 0 Å². The molecule has 92 valence electrons. The zero-order valence-corrected chi connectivity index (χ0v) is 10.3. The molecule has 0 atom stereocenters. The minimum atomic E-state index is -0.236. The van der Waals surface area contributed by atoms with Gasteiger partial charge in [-0.1, -0.05) is 6.07 Å². The van der Waals surface area contributed by atoms with Crippen LogP contribution in [0.5, 0.6) is 0 Å². The Morgan fingerprint density at radius 3 is 2.67 bits per heavy atom. The molecule has 2 aromatic rings. The van der Waals surface area contributed by atoms with Gasteiger partial charge in [-0.15, -0.1) is 0 Å². The maximum absolute atomic E-state index is 12.1. The Labute approximate surface area is 105 Å². The maximum atomic E-state index is 12.1. The number of anilines is 2. The quantitative estimate of drug-likeness (QED) is 0.788. The highest BCUT2D eigenvalue weighted by atomic mass is 16.1. The fraction of sp³-hybridized carbons (Fsp3) is 0.154. The minimum absolute atomic E-state index is 0.236. The number of benzene rings is 1. The van der Waals surface area contributed by atoms with Crippen LogP contribution < -0.4 is 11.1 Å². The lowest BCUT2D eigenvalue weighted by Gasteiger charge is -2.09. The molecule has 0 bridgehead atoms. The molecule has 0 saturated heterocycles. The van der Waals surface area contributed by atoms with Gasteiger partial charge >= 0.3 is 0 Å². The Balaban J connectivity index is 2.27. The summed E-state index contributed by atoms with van der Waals surface area (Å²) in [6.45, 7) is 3.78. The van der Waals surface area contributed by atoms with E-state index >= 15 is 0 Å². The number of nitrogens with zero attached hydrogens (tertiary/aromatic N) is 2. The third-order valence-corrected chi connectivity index (χ3v) is 2.66. The zero-order valence-electron chi connectivity index (χ0n) is 10.3. The molecule has 0 aliphatic rings. The van der Waals surface area contributed by atoms with Gasteiger partial charge in [-0.25, -0.2) is 4.98 Å². The molecule has 5 nitrogen and oxygen atoms in total. The van der Waals surface area contributed by atoms with Crippen molar-refractivity contribution in [2.45, 2.75) is 13.8 Å². The number of nitrogen functional groups attached to an aromatic ring is 1. The van der Waals surface area contributed by atoms with Gasteiger partial charge in [-0.2, -0.15) is 0 Å². The molecule has 18 heavy (non-hydrogen) atoms. The molecule has 1 aromatic carbocycles. The largest absolute Gasteiger partial charge is 0.398 e. The summed E-state index contributed by atoms with van der Waals surface area (Å²) in [5.74, 6) is 0.181. The predicted octanol–water partition coefficient (Wildman–Crippen LogP) is 1.93. The normalized spacial score (nSPS) is 10.1. The van der Waals surface area contributed by atoms with Gasteiger partial charge in [0.05, 0.1) is 6.20 Å². The summed E-state index contributed by atoms with van der Waals surface area (Å²) in [6.07, 6.45) is 4.56. The molecule has 1 amide bonds. The van der Waals surface area contributed by atoms with Crippen LogP contribution >= 0.6 is 0 Å². The Morgan fingerprint density at radius 2 is 2.00 bits per heavy atom. The van der Waals surface area contributed by atoms with Gasteiger partial charge in [0.25, 0.3) is 5.91 Å². The molecule has 1 heterocycles. The first-order valence-electron chi connectivity index (χ1n) is 5.52. The Kier molecular flexibility index (Phi) is 3.23. The van der Waals surface area contributed by atoms with Crippen LogP contribution in [-0.4, -0.2) is 15.9 Å². The minimum Gasteiger partial charge on any atom is -0.398 e. The van der Waals surface area contributed by atoms with Gasteiger partial charge in [0, 0.05) is 23.6 Å². The van der Waals surface area contributed by atoms with Crippen LogP contribution in [0.25, 0.3) is 0 Å². The summed E-state index contributed by atoms with van der Waals surface area (Å²) in [5.41, 5.74) is 8.80. The van der Waals surface area contributed by atoms with E-state index in [1.807, 2.05) is 19.9 Å². The number of carbonyl (C=O) groups is 1. The van der Waals surface area contributed by atoms with E-state index < -0.39 is 0 Å². The van der Waals surface area contributed by atoms with E-state index in [9.17, 15) is 4.79 Å². The molecule has 0 fully saturated rings. The average Bonchev–Trinajstić information content (AvgIpc) is 2.35. The van der Waals surface area contributed by atoms with E-state index in [1.165, 1.54) is 12.4 Å². The Bertz CT molecular complexity index is 581. The van der Waals surface area contributed by atoms with Crippen molar-refractivity contribution in [2.75, 3.05) is 11.1 Å². The van der Waals surface area contributed by atoms with Crippen LogP contribution in [0.15, 0.2) is 30.7 Å². The molecule has 0 spiro atoms. The maximum Gasteiger partial charge on any atom is 0.257 e. The number of amides is 1.